The molecule has 22 heavy (non-hydrogen) atoms. The SMILES string of the molecule is O=C(C=CC(=O)c1ccc2ccccc2c1)c1ccccc1. The third kappa shape index (κ3) is 3.01. The predicted octanol–water partition coefficient (Wildman–Crippen LogP) is 4.46. The van der Waals surface area contributed by atoms with Gasteiger partial charge >= 0.3 is 0 Å². The summed E-state index contributed by atoms with van der Waals surface area (Å²) in [6, 6.07) is 22.3. The van der Waals surface area contributed by atoms with Crippen molar-refractivity contribution in [1.29, 1.82) is 0 Å². The molecule has 0 amide bonds. The van der Waals surface area contributed by atoms with Gasteiger partial charge in [-0.2, -0.15) is 0 Å². The fraction of sp³-hybridized carbons (Fsp3) is 0. The van der Waals surface area contributed by atoms with Crippen LogP contribution in [0.4, 0.5) is 0 Å². The molecule has 3 aromatic carbocycles. The maximum atomic E-state index is 12.2. The first kappa shape index (κ1) is 14.0. The molecule has 2 nitrogen and oxygen atoms in total. The Labute approximate surface area is 128 Å². The Morgan fingerprint density at radius 2 is 1.18 bits per heavy atom. The minimum absolute atomic E-state index is 0.171. The van der Waals surface area contributed by atoms with Gasteiger partial charge in [0.2, 0.25) is 0 Å². The molecule has 0 heterocycles. The van der Waals surface area contributed by atoms with E-state index in [4.69, 9.17) is 0 Å². The summed E-state index contributed by atoms with van der Waals surface area (Å²) >= 11 is 0. The fourth-order valence-electron chi connectivity index (χ4n) is 2.29. The van der Waals surface area contributed by atoms with Crippen molar-refractivity contribution in [2.75, 3.05) is 0 Å². The summed E-state index contributed by atoms with van der Waals surface area (Å²) < 4.78 is 0. The smallest absolute Gasteiger partial charge is 0.185 e. The van der Waals surface area contributed by atoms with Crippen LogP contribution in [0, 0.1) is 0 Å². The average Bonchev–Trinajstić information content (AvgIpc) is 2.59. The van der Waals surface area contributed by atoms with Crippen molar-refractivity contribution < 1.29 is 9.59 Å². The molecule has 2 heteroatoms. The molecule has 0 aliphatic rings. The molecule has 0 radical (unpaired) electrons. The second-order valence-corrected chi connectivity index (χ2v) is 4.99. The molecule has 0 bridgehead atoms. The molecule has 0 N–H and O–H groups in total. The van der Waals surface area contributed by atoms with Gasteiger partial charge in [0.05, 0.1) is 0 Å². The highest BCUT2D eigenvalue weighted by molar-refractivity contribution is 6.12. The molecular formula is C20H14O2. The van der Waals surface area contributed by atoms with E-state index in [-0.39, 0.29) is 11.6 Å². The molecule has 0 spiro atoms. The van der Waals surface area contributed by atoms with Gasteiger partial charge in [-0.1, -0.05) is 66.7 Å². The number of carbonyl (C=O) groups excluding carboxylic acids is 2. The summed E-state index contributed by atoms with van der Waals surface area (Å²) in [5.41, 5.74) is 1.15. The highest BCUT2D eigenvalue weighted by Crippen LogP contribution is 2.16. The van der Waals surface area contributed by atoms with Crippen LogP contribution in [-0.4, -0.2) is 11.6 Å². The van der Waals surface area contributed by atoms with Crippen molar-refractivity contribution >= 4 is 22.3 Å². The molecular weight excluding hydrogens is 272 g/mol. The molecule has 0 saturated heterocycles. The van der Waals surface area contributed by atoms with E-state index in [0.29, 0.717) is 11.1 Å². The van der Waals surface area contributed by atoms with Gasteiger partial charge in [-0.25, -0.2) is 0 Å². The summed E-state index contributed by atoms with van der Waals surface area (Å²) in [5, 5.41) is 2.10. The first-order valence-corrected chi connectivity index (χ1v) is 7.04. The first-order valence-electron chi connectivity index (χ1n) is 7.04. The lowest BCUT2D eigenvalue weighted by Crippen LogP contribution is -1.98. The van der Waals surface area contributed by atoms with Crippen LogP contribution in [0.25, 0.3) is 10.8 Å². The molecule has 0 saturated carbocycles. The lowest BCUT2D eigenvalue weighted by atomic mass is 10.0. The largest absolute Gasteiger partial charge is 0.289 e. The second kappa shape index (κ2) is 6.19. The van der Waals surface area contributed by atoms with Gasteiger partial charge in [0.25, 0.3) is 0 Å². The first-order chi connectivity index (χ1) is 10.7. The minimum atomic E-state index is -0.172. The van der Waals surface area contributed by atoms with Gasteiger partial charge < -0.3 is 0 Å². The Balaban J connectivity index is 1.81. The van der Waals surface area contributed by atoms with Crippen molar-refractivity contribution in [3.8, 4) is 0 Å². The monoisotopic (exact) mass is 286 g/mol. The third-order valence-corrected chi connectivity index (χ3v) is 3.48. The Morgan fingerprint density at radius 1 is 0.591 bits per heavy atom. The van der Waals surface area contributed by atoms with Gasteiger partial charge in [0.1, 0.15) is 0 Å². The van der Waals surface area contributed by atoms with Crippen LogP contribution < -0.4 is 0 Å². The highest BCUT2D eigenvalue weighted by Gasteiger charge is 2.05. The van der Waals surface area contributed by atoms with Crippen molar-refractivity contribution in [3.05, 3.63) is 96.1 Å². The molecule has 3 rings (SSSR count). The van der Waals surface area contributed by atoms with Crippen molar-refractivity contribution in [2.24, 2.45) is 0 Å². The van der Waals surface area contributed by atoms with Crippen LogP contribution in [0.5, 0.6) is 0 Å². The van der Waals surface area contributed by atoms with Gasteiger partial charge in [-0.15, -0.1) is 0 Å². The zero-order valence-electron chi connectivity index (χ0n) is 11.9. The normalized spacial score (nSPS) is 10.9. The summed E-state index contributed by atoms with van der Waals surface area (Å²) in [4.78, 5) is 24.1. The van der Waals surface area contributed by atoms with Crippen LogP contribution in [-0.2, 0) is 0 Å². The van der Waals surface area contributed by atoms with Gasteiger partial charge in [-0.3, -0.25) is 9.59 Å². The van der Waals surface area contributed by atoms with E-state index >= 15 is 0 Å². The molecule has 0 aliphatic heterocycles. The molecule has 0 aromatic heterocycles. The van der Waals surface area contributed by atoms with E-state index in [1.54, 1.807) is 30.3 Å². The van der Waals surface area contributed by atoms with Crippen molar-refractivity contribution in [2.45, 2.75) is 0 Å². The number of benzene rings is 3. The van der Waals surface area contributed by atoms with E-state index in [2.05, 4.69) is 0 Å². The van der Waals surface area contributed by atoms with Crippen molar-refractivity contribution in [1.82, 2.24) is 0 Å². The Morgan fingerprint density at radius 3 is 1.91 bits per heavy atom. The average molecular weight is 286 g/mol. The zero-order chi connectivity index (χ0) is 15.4. The number of allylic oxidation sites excluding steroid dienone is 2. The number of fused-ring (bicyclic) bond motifs is 1. The fourth-order valence-corrected chi connectivity index (χ4v) is 2.29. The highest BCUT2D eigenvalue weighted by atomic mass is 16.1. The zero-order valence-corrected chi connectivity index (χ0v) is 11.9. The molecule has 106 valence electrons. The van der Waals surface area contributed by atoms with E-state index in [0.717, 1.165) is 10.8 Å². The van der Waals surface area contributed by atoms with Crippen molar-refractivity contribution in [3.63, 3.8) is 0 Å². The quantitative estimate of drug-likeness (QED) is 0.524. The van der Waals surface area contributed by atoms with Gasteiger partial charge in [0.15, 0.2) is 11.6 Å². The lowest BCUT2D eigenvalue weighted by molar-refractivity contribution is 0.102. The number of hydrogen-bond donors (Lipinski definition) is 0. The van der Waals surface area contributed by atoms with Gasteiger partial charge in [0, 0.05) is 11.1 Å². The number of rotatable bonds is 4. The standard InChI is InChI=1S/C20H14O2/c21-19(16-7-2-1-3-8-16)12-13-20(22)18-11-10-15-6-4-5-9-17(15)14-18/h1-14H. The Bertz CT molecular complexity index is 861. The summed E-state index contributed by atoms with van der Waals surface area (Å²) in [7, 11) is 0. The summed E-state index contributed by atoms with van der Waals surface area (Å²) in [6.07, 6.45) is 2.66. The number of ketones is 2. The van der Waals surface area contributed by atoms with E-state index in [9.17, 15) is 9.59 Å². The van der Waals surface area contributed by atoms with E-state index < -0.39 is 0 Å². The second-order valence-electron chi connectivity index (χ2n) is 4.99. The molecule has 0 unspecified atom stereocenters. The minimum Gasteiger partial charge on any atom is -0.289 e. The Hall–Kier alpha value is -3.00. The van der Waals surface area contributed by atoms with Crippen LogP contribution >= 0.6 is 0 Å². The molecule has 0 atom stereocenters. The van der Waals surface area contributed by atoms with Crippen LogP contribution in [0.15, 0.2) is 84.9 Å². The molecule has 0 aliphatic carbocycles. The maximum Gasteiger partial charge on any atom is 0.185 e. The maximum absolute atomic E-state index is 12.2. The topological polar surface area (TPSA) is 34.1 Å². The van der Waals surface area contributed by atoms with Gasteiger partial charge in [-0.05, 0) is 29.0 Å². The number of carbonyl (C=O) groups is 2. The molecule has 3 aromatic rings. The van der Waals surface area contributed by atoms with Crippen LogP contribution in [0.1, 0.15) is 20.7 Å². The van der Waals surface area contributed by atoms with Crippen LogP contribution in [0.3, 0.4) is 0 Å². The lowest BCUT2D eigenvalue weighted by Gasteiger charge is -2.00. The van der Waals surface area contributed by atoms with Crippen LogP contribution in [0.2, 0.25) is 0 Å². The predicted molar refractivity (Wildman–Crippen MR) is 88.2 cm³/mol. The van der Waals surface area contributed by atoms with E-state index in [1.807, 2.05) is 42.5 Å². The van der Waals surface area contributed by atoms with E-state index in [1.165, 1.54) is 12.2 Å². The third-order valence-electron chi connectivity index (χ3n) is 3.48. The molecule has 0 fully saturated rings. The summed E-state index contributed by atoms with van der Waals surface area (Å²) in [5.74, 6) is -0.343. The number of hydrogen-bond acceptors (Lipinski definition) is 2. The Kier molecular flexibility index (Phi) is 3.92. The summed E-state index contributed by atoms with van der Waals surface area (Å²) in [6.45, 7) is 0.